The molecular formula is C14H17ClN2O4. The molecule has 21 heavy (non-hydrogen) atoms. The number of aliphatic carboxylic acids is 1. The van der Waals surface area contributed by atoms with Gasteiger partial charge in [0, 0.05) is 5.02 Å². The van der Waals surface area contributed by atoms with Crippen molar-refractivity contribution in [2.75, 3.05) is 19.0 Å². The first-order chi connectivity index (χ1) is 9.97. The van der Waals surface area contributed by atoms with E-state index < -0.39 is 11.5 Å². The number of halogens is 1. The van der Waals surface area contributed by atoms with Crippen molar-refractivity contribution in [1.29, 1.82) is 0 Å². The van der Waals surface area contributed by atoms with Crippen LogP contribution in [0, 0.1) is 0 Å². The van der Waals surface area contributed by atoms with E-state index in [1.807, 2.05) is 0 Å². The van der Waals surface area contributed by atoms with Crippen molar-refractivity contribution in [2.24, 2.45) is 0 Å². The van der Waals surface area contributed by atoms with Crippen molar-refractivity contribution >= 4 is 29.2 Å². The molecule has 114 valence electrons. The number of carboxylic acid groups (broad SMARTS) is 1. The van der Waals surface area contributed by atoms with Gasteiger partial charge in [0.25, 0.3) is 0 Å². The molecule has 0 unspecified atom stereocenters. The SMILES string of the molecule is COc1ccc(Cl)cc1NC(=O)CNC1(C(=O)O)CCC1. The van der Waals surface area contributed by atoms with Gasteiger partial charge in [0.05, 0.1) is 19.3 Å². The second-order valence-electron chi connectivity index (χ2n) is 4.99. The van der Waals surface area contributed by atoms with Crippen LogP contribution in [-0.4, -0.2) is 36.2 Å². The van der Waals surface area contributed by atoms with Crippen molar-refractivity contribution in [1.82, 2.24) is 5.32 Å². The van der Waals surface area contributed by atoms with Crippen LogP contribution < -0.4 is 15.4 Å². The number of anilines is 1. The van der Waals surface area contributed by atoms with E-state index in [2.05, 4.69) is 10.6 Å². The molecular weight excluding hydrogens is 296 g/mol. The maximum Gasteiger partial charge on any atom is 0.323 e. The summed E-state index contributed by atoms with van der Waals surface area (Å²) in [7, 11) is 1.49. The average molecular weight is 313 g/mol. The lowest BCUT2D eigenvalue weighted by Gasteiger charge is -2.38. The van der Waals surface area contributed by atoms with Gasteiger partial charge in [0.15, 0.2) is 0 Å². The number of carbonyl (C=O) groups is 2. The monoisotopic (exact) mass is 312 g/mol. The van der Waals surface area contributed by atoms with Crippen LogP contribution in [0.4, 0.5) is 5.69 Å². The van der Waals surface area contributed by atoms with E-state index in [9.17, 15) is 14.7 Å². The molecule has 1 aliphatic rings. The molecule has 0 spiro atoms. The molecule has 0 radical (unpaired) electrons. The number of benzene rings is 1. The van der Waals surface area contributed by atoms with Gasteiger partial charge in [-0.25, -0.2) is 0 Å². The minimum atomic E-state index is -0.963. The van der Waals surface area contributed by atoms with Crippen molar-refractivity contribution in [3.05, 3.63) is 23.2 Å². The van der Waals surface area contributed by atoms with Crippen molar-refractivity contribution < 1.29 is 19.4 Å². The molecule has 1 aliphatic carbocycles. The standard InChI is InChI=1S/C14H17ClN2O4/c1-21-11-4-3-9(15)7-10(11)17-12(18)8-16-14(13(19)20)5-2-6-14/h3-4,7,16H,2,5-6,8H2,1H3,(H,17,18)(H,19,20). The zero-order valence-corrected chi connectivity index (χ0v) is 12.4. The molecule has 1 saturated carbocycles. The highest BCUT2D eigenvalue weighted by Crippen LogP contribution is 2.32. The number of methoxy groups -OCH3 is 1. The van der Waals surface area contributed by atoms with Gasteiger partial charge in [-0.05, 0) is 37.5 Å². The highest BCUT2D eigenvalue weighted by molar-refractivity contribution is 6.31. The van der Waals surface area contributed by atoms with Gasteiger partial charge >= 0.3 is 5.97 Å². The Labute approximate surface area is 127 Å². The number of rotatable bonds is 6. The van der Waals surface area contributed by atoms with Gasteiger partial charge in [0.1, 0.15) is 11.3 Å². The van der Waals surface area contributed by atoms with E-state index in [0.29, 0.717) is 29.3 Å². The molecule has 0 atom stereocenters. The number of amides is 1. The minimum Gasteiger partial charge on any atom is -0.495 e. The summed E-state index contributed by atoms with van der Waals surface area (Å²) < 4.78 is 5.13. The third kappa shape index (κ3) is 3.46. The molecule has 0 heterocycles. The molecule has 0 bridgehead atoms. The molecule has 0 aliphatic heterocycles. The van der Waals surface area contributed by atoms with Crippen LogP contribution in [0.2, 0.25) is 5.02 Å². The van der Waals surface area contributed by atoms with Crippen LogP contribution in [0.1, 0.15) is 19.3 Å². The van der Waals surface area contributed by atoms with Gasteiger partial charge in [0.2, 0.25) is 5.91 Å². The van der Waals surface area contributed by atoms with Gasteiger partial charge in [-0.1, -0.05) is 11.6 Å². The maximum atomic E-state index is 11.9. The van der Waals surface area contributed by atoms with E-state index in [1.54, 1.807) is 18.2 Å². The highest BCUT2D eigenvalue weighted by Gasteiger charge is 2.44. The molecule has 1 fully saturated rings. The second kappa shape index (κ2) is 6.32. The van der Waals surface area contributed by atoms with E-state index >= 15 is 0 Å². The Morgan fingerprint density at radius 3 is 2.67 bits per heavy atom. The summed E-state index contributed by atoms with van der Waals surface area (Å²) in [5.41, 5.74) is -0.509. The quantitative estimate of drug-likeness (QED) is 0.746. The number of carbonyl (C=O) groups excluding carboxylic acids is 1. The molecule has 1 aromatic rings. The van der Waals surface area contributed by atoms with Crippen molar-refractivity contribution in [3.8, 4) is 5.75 Å². The summed E-state index contributed by atoms with van der Waals surface area (Å²) in [5, 5.41) is 15.1. The van der Waals surface area contributed by atoms with Crippen molar-refractivity contribution in [3.63, 3.8) is 0 Å². The summed E-state index contributed by atoms with van der Waals surface area (Å²) in [6, 6.07) is 4.88. The maximum absolute atomic E-state index is 11.9. The minimum absolute atomic E-state index is 0.0814. The number of nitrogens with one attached hydrogen (secondary N) is 2. The average Bonchev–Trinajstić information content (AvgIpc) is 2.37. The Kier molecular flexibility index (Phi) is 4.69. The van der Waals surface area contributed by atoms with E-state index in [1.165, 1.54) is 7.11 Å². The Balaban J connectivity index is 1.96. The summed E-state index contributed by atoms with van der Waals surface area (Å²) in [5.74, 6) is -0.769. The number of hydrogen-bond acceptors (Lipinski definition) is 4. The predicted molar refractivity (Wildman–Crippen MR) is 78.9 cm³/mol. The van der Waals surface area contributed by atoms with Gasteiger partial charge in [-0.15, -0.1) is 0 Å². The number of hydrogen-bond donors (Lipinski definition) is 3. The largest absolute Gasteiger partial charge is 0.495 e. The summed E-state index contributed by atoms with van der Waals surface area (Å²) >= 11 is 5.88. The van der Waals surface area contributed by atoms with Crippen LogP contribution in [-0.2, 0) is 9.59 Å². The van der Waals surface area contributed by atoms with Crippen LogP contribution in [0.15, 0.2) is 18.2 Å². The third-order valence-electron chi connectivity index (χ3n) is 3.64. The lowest BCUT2D eigenvalue weighted by atomic mass is 9.77. The Hall–Kier alpha value is -1.79. The summed E-state index contributed by atoms with van der Waals surface area (Å²) in [4.78, 5) is 23.1. The van der Waals surface area contributed by atoms with Gasteiger partial charge in [-0.2, -0.15) is 0 Å². The first-order valence-corrected chi connectivity index (χ1v) is 6.96. The van der Waals surface area contributed by atoms with E-state index in [4.69, 9.17) is 16.3 Å². The first kappa shape index (κ1) is 15.6. The molecule has 3 N–H and O–H groups in total. The lowest BCUT2D eigenvalue weighted by Crippen LogP contribution is -2.58. The smallest absolute Gasteiger partial charge is 0.323 e. The molecule has 6 nitrogen and oxygen atoms in total. The zero-order chi connectivity index (χ0) is 15.5. The Morgan fingerprint density at radius 1 is 1.43 bits per heavy atom. The number of carboxylic acids is 1. The van der Waals surface area contributed by atoms with Gasteiger partial charge < -0.3 is 15.2 Å². The Morgan fingerprint density at radius 2 is 2.14 bits per heavy atom. The second-order valence-corrected chi connectivity index (χ2v) is 5.42. The topological polar surface area (TPSA) is 87.7 Å². The van der Waals surface area contributed by atoms with Crippen LogP contribution in [0.5, 0.6) is 5.75 Å². The predicted octanol–water partition coefficient (Wildman–Crippen LogP) is 1.88. The molecule has 1 aromatic carbocycles. The summed E-state index contributed by atoms with van der Waals surface area (Å²) in [6.45, 7) is -0.0814. The number of ether oxygens (including phenoxy) is 1. The fourth-order valence-corrected chi connectivity index (χ4v) is 2.39. The molecule has 2 rings (SSSR count). The van der Waals surface area contributed by atoms with Gasteiger partial charge in [-0.3, -0.25) is 14.9 Å². The van der Waals surface area contributed by atoms with Crippen molar-refractivity contribution in [2.45, 2.75) is 24.8 Å². The van der Waals surface area contributed by atoms with E-state index in [0.717, 1.165) is 6.42 Å². The molecule has 7 heteroatoms. The molecule has 1 amide bonds. The summed E-state index contributed by atoms with van der Waals surface area (Å²) in [6.07, 6.45) is 1.93. The zero-order valence-electron chi connectivity index (χ0n) is 11.6. The molecule has 0 aromatic heterocycles. The van der Waals surface area contributed by atoms with Crippen LogP contribution in [0.25, 0.3) is 0 Å². The molecule has 0 saturated heterocycles. The Bertz CT molecular complexity index is 558. The highest BCUT2D eigenvalue weighted by atomic mass is 35.5. The third-order valence-corrected chi connectivity index (χ3v) is 3.87. The fourth-order valence-electron chi connectivity index (χ4n) is 2.22. The first-order valence-electron chi connectivity index (χ1n) is 6.59. The normalized spacial score (nSPS) is 15.9. The van der Waals surface area contributed by atoms with Crippen LogP contribution >= 0.6 is 11.6 Å². The fraction of sp³-hybridized carbons (Fsp3) is 0.429. The van der Waals surface area contributed by atoms with Crippen LogP contribution in [0.3, 0.4) is 0 Å². The lowest BCUT2D eigenvalue weighted by molar-refractivity contribution is -0.148. The van der Waals surface area contributed by atoms with E-state index in [-0.39, 0.29) is 12.5 Å².